The summed E-state index contributed by atoms with van der Waals surface area (Å²) in [5.41, 5.74) is -0.598. The van der Waals surface area contributed by atoms with Gasteiger partial charge in [-0.2, -0.15) is 13.2 Å². The van der Waals surface area contributed by atoms with E-state index in [1.165, 1.54) is 12.1 Å². The molecule has 9 heteroatoms. The van der Waals surface area contributed by atoms with E-state index in [2.05, 4.69) is 20.7 Å². The molecule has 2 aromatic rings. The average Bonchev–Trinajstić information content (AvgIpc) is 2.48. The smallest absolute Gasteiger partial charge is 0.207 e. The fraction of sp³-hybridized carbons (Fsp3) is 0.143. The number of rotatable bonds is 4. The fourth-order valence-electron chi connectivity index (χ4n) is 1.75. The first-order chi connectivity index (χ1) is 10.6. The van der Waals surface area contributed by atoms with E-state index in [1.54, 1.807) is 0 Å². The Labute approximate surface area is 138 Å². The first kappa shape index (κ1) is 17.9. The van der Waals surface area contributed by atoms with Crippen LogP contribution in [0.15, 0.2) is 51.8 Å². The molecule has 0 aliphatic rings. The highest BCUT2D eigenvalue weighted by molar-refractivity contribution is 9.10. The van der Waals surface area contributed by atoms with E-state index in [9.17, 15) is 26.0 Å². The largest absolute Gasteiger partial charge is 0.416 e. The first-order valence-corrected chi connectivity index (χ1v) is 8.48. The summed E-state index contributed by atoms with van der Waals surface area (Å²) >= 11 is 2.97. The minimum absolute atomic E-state index is 0.160. The van der Waals surface area contributed by atoms with Gasteiger partial charge in [-0.05, 0) is 51.8 Å². The van der Waals surface area contributed by atoms with Crippen molar-refractivity contribution in [3.63, 3.8) is 0 Å². The van der Waals surface area contributed by atoms with Gasteiger partial charge in [0.15, 0.2) is 0 Å². The molecule has 3 nitrogen and oxygen atoms in total. The van der Waals surface area contributed by atoms with Gasteiger partial charge in [-0.3, -0.25) is 0 Å². The lowest BCUT2D eigenvalue weighted by Gasteiger charge is -2.10. The number of hydrogen-bond acceptors (Lipinski definition) is 2. The quantitative estimate of drug-likeness (QED) is 0.770. The van der Waals surface area contributed by atoms with Crippen molar-refractivity contribution in [2.45, 2.75) is 17.6 Å². The number of nitrogens with one attached hydrogen (secondary N) is 1. The number of hydrogen-bond donors (Lipinski definition) is 1. The summed E-state index contributed by atoms with van der Waals surface area (Å²) < 4.78 is 77.5. The van der Waals surface area contributed by atoms with E-state index in [1.807, 2.05) is 0 Å². The Bertz CT molecular complexity index is 822. The van der Waals surface area contributed by atoms with E-state index >= 15 is 0 Å². The fourth-order valence-corrected chi connectivity index (χ4v) is 3.24. The molecule has 0 aromatic heterocycles. The van der Waals surface area contributed by atoms with Crippen LogP contribution in [0.25, 0.3) is 0 Å². The third-order valence-corrected chi connectivity index (χ3v) is 4.93. The molecule has 0 saturated carbocycles. The SMILES string of the molecule is O=S(=O)(NCc1ccc(F)c(Br)c1)c1cccc(C(F)(F)F)c1. The molecule has 0 amide bonds. The Hall–Kier alpha value is -1.45. The van der Waals surface area contributed by atoms with Gasteiger partial charge in [0, 0.05) is 6.54 Å². The monoisotopic (exact) mass is 411 g/mol. The molecule has 0 heterocycles. The third kappa shape index (κ3) is 4.52. The van der Waals surface area contributed by atoms with Crippen LogP contribution in [0.2, 0.25) is 0 Å². The van der Waals surface area contributed by atoms with Gasteiger partial charge in [-0.15, -0.1) is 0 Å². The van der Waals surface area contributed by atoms with Crippen LogP contribution in [-0.2, 0) is 22.7 Å². The Kier molecular flexibility index (Phi) is 5.12. The summed E-state index contributed by atoms with van der Waals surface area (Å²) in [5.74, 6) is -0.505. The molecular formula is C14H10BrF4NO2S. The maximum Gasteiger partial charge on any atom is 0.416 e. The van der Waals surface area contributed by atoms with Crippen LogP contribution in [0.5, 0.6) is 0 Å². The molecule has 0 atom stereocenters. The van der Waals surface area contributed by atoms with Crippen LogP contribution in [0.4, 0.5) is 17.6 Å². The van der Waals surface area contributed by atoms with Crippen molar-refractivity contribution in [3.8, 4) is 0 Å². The maximum atomic E-state index is 13.1. The molecule has 0 aliphatic heterocycles. The molecule has 0 spiro atoms. The summed E-state index contributed by atoms with van der Waals surface area (Å²) in [6.45, 7) is -0.183. The van der Waals surface area contributed by atoms with E-state index in [0.29, 0.717) is 11.6 Å². The zero-order chi connectivity index (χ0) is 17.3. The highest BCUT2D eigenvalue weighted by atomic mass is 79.9. The van der Waals surface area contributed by atoms with Crippen LogP contribution < -0.4 is 4.72 Å². The molecule has 0 aliphatic carbocycles. The molecule has 23 heavy (non-hydrogen) atoms. The lowest BCUT2D eigenvalue weighted by molar-refractivity contribution is -0.137. The maximum absolute atomic E-state index is 13.1. The molecule has 124 valence electrons. The highest BCUT2D eigenvalue weighted by Crippen LogP contribution is 2.30. The summed E-state index contributed by atoms with van der Waals surface area (Å²) in [4.78, 5) is -0.492. The molecular weight excluding hydrogens is 402 g/mol. The minimum atomic E-state index is -4.63. The van der Waals surface area contributed by atoms with Gasteiger partial charge < -0.3 is 0 Å². The number of benzene rings is 2. The second kappa shape index (κ2) is 6.58. The van der Waals surface area contributed by atoms with Crippen molar-refractivity contribution in [2.24, 2.45) is 0 Å². The van der Waals surface area contributed by atoms with Crippen LogP contribution in [-0.4, -0.2) is 8.42 Å². The molecule has 0 radical (unpaired) electrons. The van der Waals surface area contributed by atoms with Gasteiger partial charge in [-0.25, -0.2) is 17.5 Å². The second-order valence-electron chi connectivity index (χ2n) is 4.60. The predicted molar refractivity (Wildman–Crippen MR) is 79.6 cm³/mol. The van der Waals surface area contributed by atoms with Crippen molar-refractivity contribution >= 4 is 26.0 Å². The van der Waals surface area contributed by atoms with Crippen molar-refractivity contribution in [1.29, 1.82) is 0 Å². The Morgan fingerprint density at radius 1 is 1.09 bits per heavy atom. The zero-order valence-electron chi connectivity index (χ0n) is 11.4. The highest BCUT2D eigenvalue weighted by Gasteiger charge is 2.31. The van der Waals surface area contributed by atoms with Crippen LogP contribution in [0.3, 0.4) is 0 Å². The summed E-state index contributed by atoms with van der Waals surface area (Å²) in [6, 6.07) is 7.33. The van der Waals surface area contributed by atoms with Gasteiger partial charge in [0.2, 0.25) is 10.0 Å². The number of halogens is 5. The van der Waals surface area contributed by atoms with Crippen molar-refractivity contribution < 1.29 is 26.0 Å². The lowest BCUT2D eigenvalue weighted by Crippen LogP contribution is -2.23. The van der Waals surface area contributed by atoms with Crippen LogP contribution in [0.1, 0.15) is 11.1 Å². The summed E-state index contributed by atoms with van der Waals surface area (Å²) in [6.07, 6.45) is -4.63. The second-order valence-corrected chi connectivity index (χ2v) is 7.22. The topological polar surface area (TPSA) is 46.2 Å². The molecule has 0 bridgehead atoms. The molecule has 2 aromatic carbocycles. The zero-order valence-corrected chi connectivity index (χ0v) is 13.8. The molecule has 0 unspecified atom stereocenters. The van der Waals surface area contributed by atoms with Gasteiger partial charge in [0.1, 0.15) is 5.82 Å². The van der Waals surface area contributed by atoms with Crippen LogP contribution in [0, 0.1) is 5.82 Å². The minimum Gasteiger partial charge on any atom is -0.207 e. The lowest BCUT2D eigenvalue weighted by atomic mass is 10.2. The summed E-state index contributed by atoms with van der Waals surface area (Å²) in [5, 5.41) is 0. The van der Waals surface area contributed by atoms with Crippen molar-refractivity contribution in [3.05, 3.63) is 63.9 Å². The standard InChI is InChI=1S/C14H10BrF4NO2S/c15-12-6-9(4-5-13(12)16)8-20-23(21,22)11-3-1-2-10(7-11)14(17,18)19/h1-7,20H,8H2. The van der Waals surface area contributed by atoms with Crippen LogP contribution >= 0.6 is 15.9 Å². The normalized spacial score (nSPS) is 12.4. The van der Waals surface area contributed by atoms with Gasteiger partial charge in [0.25, 0.3) is 0 Å². The summed E-state index contributed by atoms with van der Waals surface area (Å²) in [7, 11) is -4.12. The molecule has 0 saturated heterocycles. The Morgan fingerprint density at radius 2 is 1.78 bits per heavy atom. The number of sulfonamides is 1. The first-order valence-electron chi connectivity index (χ1n) is 6.20. The van der Waals surface area contributed by atoms with Gasteiger partial charge in [-0.1, -0.05) is 12.1 Å². The average molecular weight is 412 g/mol. The van der Waals surface area contributed by atoms with Crippen molar-refractivity contribution in [1.82, 2.24) is 4.72 Å². The molecule has 2 rings (SSSR count). The van der Waals surface area contributed by atoms with Crippen molar-refractivity contribution in [2.75, 3.05) is 0 Å². The Balaban J connectivity index is 2.20. The van der Waals surface area contributed by atoms with E-state index < -0.39 is 32.5 Å². The predicted octanol–water partition coefficient (Wildman–Crippen LogP) is 4.09. The van der Waals surface area contributed by atoms with Gasteiger partial charge >= 0.3 is 6.18 Å². The Morgan fingerprint density at radius 3 is 2.39 bits per heavy atom. The van der Waals surface area contributed by atoms with E-state index in [4.69, 9.17) is 0 Å². The number of alkyl halides is 3. The molecule has 0 fully saturated rings. The third-order valence-electron chi connectivity index (χ3n) is 2.92. The van der Waals surface area contributed by atoms with Gasteiger partial charge in [0.05, 0.1) is 14.9 Å². The molecule has 1 N–H and O–H groups in total. The van der Waals surface area contributed by atoms with E-state index in [0.717, 1.165) is 24.3 Å². The van der Waals surface area contributed by atoms with E-state index in [-0.39, 0.29) is 11.0 Å².